The van der Waals surface area contributed by atoms with Gasteiger partial charge in [-0.05, 0) is 130 Å². The number of ether oxygens (including phenoxy) is 8. The van der Waals surface area contributed by atoms with Crippen molar-refractivity contribution in [1.29, 1.82) is 0 Å². The Morgan fingerprint density at radius 1 is 0.731 bits per heavy atom. The van der Waals surface area contributed by atoms with Gasteiger partial charge < -0.3 is 64.3 Å². The first-order chi connectivity index (χ1) is 45.1. The maximum atomic E-state index is 14.0. The number of anilines is 1. The smallest absolute Gasteiger partial charge is 0.326 e. The van der Waals surface area contributed by atoms with Gasteiger partial charge in [0.15, 0.2) is 6.61 Å². The second-order valence-corrected chi connectivity index (χ2v) is 24.6. The molecule has 0 radical (unpaired) electrons. The first-order valence-electron chi connectivity index (χ1n) is 32.3. The molecule has 0 bridgehead atoms. The van der Waals surface area contributed by atoms with E-state index in [0.717, 1.165) is 86.1 Å². The fraction of sp³-hybridized carbons (Fsp3) is 0.552. The number of aliphatic carboxylic acids is 1. The molecule has 2 atom stereocenters. The fourth-order valence-corrected chi connectivity index (χ4v) is 10.6. The number of aromatic amines is 1. The van der Waals surface area contributed by atoms with Crippen molar-refractivity contribution in [2.75, 3.05) is 91.1 Å². The van der Waals surface area contributed by atoms with Crippen LogP contribution in [0.5, 0.6) is 17.4 Å². The Bertz CT molecular complexity index is 3230. The number of aromatic nitrogens is 8. The van der Waals surface area contributed by atoms with Crippen molar-refractivity contribution in [1.82, 2.24) is 55.9 Å². The SMILES string of the molecule is Cc1n[nH]c(C)c1-c1ccc(NC(=O)[C@@H](NC(=O)c2ccnn2CCCCCCn2cc(COCCOCCOCCOCCOCCOCCNC(=O)COc3cccc(Oc4ccc(C(=O)N[C@@H](CCC(C)(C)C)C(=O)O)cn4)c3)nn2)C(C2CC2)C2CC2)cc1. The number of aryl methyl sites for hydroxylation is 4. The molecule has 8 rings (SSSR count). The zero-order valence-corrected chi connectivity index (χ0v) is 54.2. The van der Waals surface area contributed by atoms with Gasteiger partial charge in [-0.2, -0.15) is 10.2 Å². The Hall–Kier alpha value is -8.14. The van der Waals surface area contributed by atoms with Crippen molar-refractivity contribution in [3.8, 4) is 28.5 Å². The summed E-state index contributed by atoms with van der Waals surface area (Å²) in [5.74, 6) is -0.436. The number of hydrogen-bond donors (Lipinski definition) is 6. The molecule has 6 aromatic rings. The highest BCUT2D eigenvalue weighted by Gasteiger charge is 2.48. The van der Waals surface area contributed by atoms with Crippen LogP contribution in [0.2, 0.25) is 0 Å². The monoisotopic (exact) mass is 1290 g/mol. The van der Waals surface area contributed by atoms with Gasteiger partial charge in [-0.3, -0.25) is 33.6 Å². The molecular formula is C67H92N12O14. The number of benzene rings is 2. The molecule has 93 heavy (non-hydrogen) atoms. The number of carboxylic acid groups (broad SMARTS) is 1. The van der Waals surface area contributed by atoms with Gasteiger partial charge in [0.05, 0.1) is 96.7 Å². The van der Waals surface area contributed by atoms with E-state index in [9.17, 15) is 29.1 Å². The highest BCUT2D eigenvalue weighted by Crippen LogP contribution is 2.51. The van der Waals surface area contributed by atoms with E-state index in [2.05, 4.69) is 51.9 Å². The molecule has 2 fully saturated rings. The van der Waals surface area contributed by atoms with Crippen molar-refractivity contribution < 1.29 is 67.0 Å². The number of amides is 4. The molecule has 2 aliphatic carbocycles. The number of nitrogens with zero attached hydrogens (tertiary/aromatic N) is 7. The summed E-state index contributed by atoms with van der Waals surface area (Å²) in [6.07, 6.45) is 13.8. The van der Waals surface area contributed by atoms with Crippen molar-refractivity contribution in [2.45, 2.75) is 131 Å². The zero-order valence-electron chi connectivity index (χ0n) is 54.2. The van der Waals surface area contributed by atoms with Crippen molar-refractivity contribution >= 4 is 35.3 Å². The van der Waals surface area contributed by atoms with Crippen molar-refractivity contribution in [3.63, 3.8) is 0 Å². The third kappa shape index (κ3) is 24.7. The zero-order chi connectivity index (χ0) is 65.8. The van der Waals surface area contributed by atoms with E-state index in [1.54, 1.807) is 41.2 Å². The molecule has 0 spiro atoms. The third-order valence-electron chi connectivity index (χ3n) is 15.8. The molecule has 4 heterocycles. The van der Waals surface area contributed by atoms with Crippen LogP contribution in [0.15, 0.2) is 85.3 Å². The number of nitrogens with one attached hydrogen (secondary N) is 5. The first-order valence-corrected chi connectivity index (χ1v) is 32.3. The number of pyridine rings is 1. The quantitative estimate of drug-likeness (QED) is 0.0198. The third-order valence-corrected chi connectivity index (χ3v) is 15.8. The number of rotatable bonds is 45. The first kappa shape index (κ1) is 70.7. The summed E-state index contributed by atoms with van der Waals surface area (Å²) in [4.78, 5) is 68.9. The van der Waals surface area contributed by atoms with Crippen LogP contribution in [0.25, 0.3) is 11.1 Å². The van der Waals surface area contributed by atoms with Crippen LogP contribution in [-0.2, 0) is 62.5 Å². The molecule has 4 amide bonds. The predicted octanol–water partition coefficient (Wildman–Crippen LogP) is 7.91. The largest absolute Gasteiger partial charge is 0.484 e. The molecule has 0 saturated heterocycles. The standard InChI is InChI=1S/C67H92N12O14/c1-46-60(47(2)75-74-46)48-17-20-52(21-18-48)71-65(83)62(61(49-13-14-49)50-15-16-50)73-64(82)57-24-26-70-79(57)29-9-7-6-8-28-78-43-53(76-77-78)44-91-40-39-90-38-37-89-36-35-88-34-33-87-32-31-86-30-27-68-58(80)45-92-54-11-10-12-55(41-54)93-59-22-19-51(42-69-59)63(81)72-56(66(84)85)23-25-67(3,4)5/h10-12,17-22,24,26,41-43,49-50,56,61-62H,6-9,13-16,23,25,27-40,44-45H2,1-5H3,(H,68,80)(H,71,83)(H,72,81)(H,73,82)(H,74,75)(H,84,85)/t56-,62-/m0/s1. The summed E-state index contributed by atoms with van der Waals surface area (Å²) in [5.41, 5.74) is 6.01. The Balaban J connectivity index is 0.572. The average molecular weight is 1290 g/mol. The summed E-state index contributed by atoms with van der Waals surface area (Å²) in [6, 6.07) is 17.5. The van der Waals surface area contributed by atoms with Crippen LogP contribution in [0.1, 0.15) is 123 Å². The van der Waals surface area contributed by atoms with Gasteiger partial charge in [0.25, 0.3) is 17.7 Å². The maximum absolute atomic E-state index is 14.0. The summed E-state index contributed by atoms with van der Waals surface area (Å²) >= 11 is 0. The number of hydrogen-bond acceptors (Lipinski definition) is 18. The normalized spacial score (nSPS) is 13.8. The van der Waals surface area contributed by atoms with E-state index >= 15 is 0 Å². The van der Waals surface area contributed by atoms with Gasteiger partial charge in [-0.25, -0.2) is 9.78 Å². The highest BCUT2D eigenvalue weighted by molar-refractivity contribution is 6.01. The van der Waals surface area contributed by atoms with Gasteiger partial charge in [0.2, 0.25) is 11.8 Å². The fourth-order valence-electron chi connectivity index (χ4n) is 10.6. The van der Waals surface area contributed by atoms with E-state index < -0.39 is 24.0 Å². The molecule has 26 nitrogen and oxygen atoms in total. The Kier molecular flexibility index (Phi) is 28.1. The lowest BCUT2D eigenvalue weighted by Crippen LogP contribution is -2.50. The van der Waals surface area contributed by atoms with Crippen LogP contribution in [0.3, 0.4) is 0 Å². The minimum atomic E-state index is -1.10. The van der Waals surface area contributed by atoms with E-state index in [0.29, 0.717) is 140 Å². The second-order valence-electron chi connectivity index (χ2n) is 24.6. The molecule has 6 N–H and O–H groups in total. The Morgan fingerprint density at radius 2 is 1.38 bits per heavy atom. The van der Waals surface area contributed by atoms with Gasteiger partial charge in [-0.15, -0.1) is 5.10 Å². The summed E-state index contributed by atoms with van der Waals surface area (Å²) in [6.45, 7) is 16.1. The molecule has 504 valence electrons. The minimum Gasteiger partial charge on any atom is -0.484 e. The van der Waals surface area contributed by atoms with Crippen LogP contribution in [0.4, 0.5) is 5.69 Å². The molecule has 2 aliphatic rings. The molecule has 4 aromatic heterocycles. The van der Waals surface area contributed by atoms with Gasteiger partial charge >= 0.3 is 5.97 Å². The highest BCUT2D eigenvalue weighted by atomic mass is 16.6. The van der Waals surface area contributed by atoms with Crippen molar-refractivity contribution in [2.24, 2.45) is 23.2 Å². The number of unbranched alkanes of at least 4 members (excludes halogenated alkanes) is 3. The maximum Gasteiger partial charge on any atom is 0.326 e. The van der Waals surface area contributed by atoms with Crippen LogP contribution >= 0.6 is 0 Å². The lowest BCUT2D eigenvalue weighted by atomic mass is 9.88. The number of carbonyl (C=O) groups excluding carboxylic acids is 4. The predicted molar refractivity (Wildman–Crippen MR) is 344 cm³/mol. The lowest BCUT2D eigenvalue weighted by molar-refractivity contribution is -0.139. The number of carboxylic acids is 1. The molecule has 0 aliphatic heterocycles. The van der Waals surface area contributed by atoms with E-state index in [-0.39, 0.29) is 47.1 Å². The minimum absolute atomic E-state index is 0.0742. The average Bonchev–Trinajstić information content (AvgIpc) is 1.66. The molecule has 26 heteroatoms. The molecular weight excluding hydrogens is 1200 g/mol. The van der Waals surface area contributed by atoms with Gasteiger partial charge in [0, 0.05) is 61.1 Å². The Labute approximate surface area is 543 Å². The number of carbonyl (C=O) groups is 5. The van der Waals surface area contributed by atoms with E-state index in [4.69, 9.17) is 37.9 Å². The van der Waals surface area contributed by atoms with Gasteiger partial charge in [0.1, 0.15) is 35.0 Å². The topological polar surface area (TPSA) is 318 Å². The second kappa shape index (κ2) is 36.9. The summed E-state index contributed by atoms with van der Waals surface area (Å²) in [5, 5.41) is 41.5. The van der Waals surface area contributed by atoms with Crippen LogP contribution < -0.4 is 30.7 Å². The lowest BCUT2D eigenvalue weighted by Gasteiger charge is -2.27. The molecule has 2 saturated carbocycles. The summed E-state index contributed by atoms with van der Waals surface area (Å²) in [7, 11) is 0. The van der Waals surface area contributed by atoms with Gasteiger partial charge in [-0.1, -0.05) is 57.0 Å². The molecule has 0 unspecified atom stereocenters. The Morgan fingerprint density at radius 3 is 1.99 bits per heavy atom. The van der Waals surface area contributed by atoms with Crippen LogP contribution in [0, 0.1) is 37.0 Å². The van der Waals surface area contributed by atoms with E-state index in [1.807, 2.05) is 69.8 Å². The van der Waals surface area contributed by atoms with Crippen molar-refractivity contribution in [3.05, 3.63) is 114 Å². The molecule has 2 aromatic carbocycles. The summed E-state index contributed by atoms with van der Waals surface area (Å²) < 4.78 is 48.6. The number of H-pyrrole nitrogens is 1. The van der Waals surface area contributed by atoms with E-state index in [1.165, 1.54) is 18.3 Å². The van der Waals surface area contributed by atoms with Crippen LogP contribution in [-0.4, -0.2) is 173 Å².